The van der Waals surface area contributed by atoms with Crippen molar-refractivity contribution in [1.82, 2.24) is 9.88 Å². The Bertz CT molecular complexity index is 273. The summed E-state index contributed by atoms with van der Waals surface area (Å²) in [6, 6.07) is 0.990. The van der Waals surface area contributed by atoms with Gasteiger partial charge in [0.1, 0.15) is 0 Å². The van der Waals surface area contributed by atoms with Gasteiger partial charge in [-0.05, 0) is 26.3 Å². The van der Waals surface area contributed by atoms with Crippen LogP contribution in [0.1, 0.15) is 31.5 Å². The zero-order chi connectivity index (χ0) is 9.97. The smallest absolute Gasteiger partial charge is 0.0795 e. The molecule has 1 aliphatic rings. The van der Waals surface area contributed by atoms with E-state index in [2.05, 4.69) is 22.2 Å². The summed E-state index contributed by atoms with van der Waals surface area (Å²) in [5.74, 6) is 0. The third kappa shape index (κ3) is 1.82. The van der Waals surface area contributed by atoms with E-state index in [4.69, 9.17) is 5.73 Å². The highest BCUT2D eigenvalue weighted by Gasteiger charge is 2.28. The van der Waals surface area contributed by atoms with Gasteiger partial charge < -0.3 is 5.73 Å². The van der Waals surface area contributed by atoms with Crippen molar-refractivity contribution in [3.63, 3.8) is 0 Å². The predicted octanol–water partition coefficient (Wildman–Crippen LogP) is 1.63. The zero-order valence-corrected chi connectivity index (χ0v) is 9.33. The second-order valence-electron chi connectivity index (χ2n) is 3.86. The number of rotatable bonds is 3. The highest BCUT2D eigenvalue weighted by molar-refractivity contribution is 7.07. The standard InChI is InChI=1S/C10H17N3S/c1-8(10-6-14-7-12-10)13-4-2-3-9(13)5-11/h6-9H,2-5,11H2,1H3. The molecule has 2 atom stereocenters. The number of hydrogen-bond acceptors (Lipinski definition) is 4. The first-order chi connectivity index (χ1) is 6.83. The molecule has 1 aromatic heterocycles. The first kappa shape index (κ1) is 10.1. The van der Waals surface area contributed by atoms with Gasteiger partial charge in [0.25, 0.3) is 0 Å². The number of nitrogens with two attached hydrogens (primary N) is 1. The van der Waals surface area contributed by atoms with Gasteiger partial charge in [0.05, 0.1) is 17.2 Å². The number of likely N-dealkylation sites (tertiary alicyclic amines) is 1. The van der Waals surface area contributed by atoms with Crippen LogP contribution in [0.2, 0.25) is 0 Å². The summed E-state index contributed by atoms with van der Waals surface area (Å²) in [5, 5.41) is 2.14. The molecule has 0 aliphatic carbocycles. The van der Waals surface area contributed by atoms with E-state index in [-0.39, 0.29) is 0 Å². The summed E-state index contributed by atoms with van der Waals surface area (Å²) >= 11 is 1.67. The molecule has 0 radical (unpaired) electrons. The number of hydrogen-bond donors (Lipinski definition) is 1. The fourth-order valence-electron chi connectivity index (χ4n) is 2.22. The lowest BCUT2D eigenvalue weighted by molar-refractivity contribution is 0.194. The third-order valence-electron chi connectivity index (χ3n) is 3.07. The molecule has 14 heavy (non-hydrogen) atoms. The van der Waals surface area contributed by atoms with Crippen LogP contribution in [0.5, 0.6) is 0 Å². The van der Waals surface area contributed by atoms with E-state index >= 15 is 0 Å². The van der Waals surface area contributed by atoms with Gasteiger partial charge in [-0.3, -0.25) is 4.90 Å². The third-order valence-corrected chi connectivity index (χ3v) is 3.68. The van der Waals surface area contributed by atoms with Crippen molar-refractivity contribution in [2.45, 2.75) is 31.8 Å². The zero-order valence-electron chi connectivity index (χ0n) is 8.52. The maximum atomic E-state index is 5.76. The summed E-state index contributed by atoms with van der Waals surface area (Å²) in [4.78, 5) is 6.85. The van der Waals surface area contributed by atoms with E-state index < -0.39 is 0 Å². The Kier molecular flexibility index (Phi) is 3.15. The SMILES string of the molecule is CC(c1cscn1)N1CCCC1CN. The van der Waals surface area contributed by atoms with E-state index in [0.29, 0.717) is 12.1 Å². The maximum Gasteiger partial charge on any atom is 0.0795 e. The molecule has 1 saturated heterocycles. The van der Waals surface area contributed by atoms with Crippen molar-refractivity contribution in [2.75, 3.05) is 13.1 Å². The Morgan fingerprint density at radius 2 is 2.64 bits per heavy atom. The van der Waals surface area contributed by atoms with E-state index in [0.717, 1.165) is 6.54 Å². The molecular formula is C10H17N3S. The Morgan fingerprint density at radius 3 is 3.29 bits per heavy atom. The minimum absolute atomic E-state index is 0.428. The molecule has 2 N–H and O–H groups in total. The molecule has 1 aliphatic heterocycles. The highest BCUT2D eigenvalue weighted by Crippen LogP contribution is 2.28. The Balaban J connectivity index is 2.07. The first-order valence-corrected chi connectivity index (χ1v) is 6.11. The first-order valence-electron chi connectivity index (χ1n) is 5.17. The van der Waals surface area contributed by atoms with E-state index in [1.54, 1.807) is 11.3 Å². The number of nitrogens with zero attached hydrogens (tertiary/aromatic N) is 2. The minimum Gasteiger partial charge on any atom is -0.329 e. The van der Waals surface area contributed by atoms with Gasteiger partial charge in [-0.25, -0.2) is 4.98 Å². The van der Waals surface area contributed by atoms with Gasteiger partial charge in [-0.1, -0.05) is 0 Å². The van der Waals surface area contributed by atoms with Crippen LogP contribution in [0.3, 0.4) is 0 Å². The second kappa shape index (κ2) is 4.38. The van der Waals surface area contributed by atoms with Crippen LogP contribution in [-0.2, 0) is 0 Å². The van der Waals surface area contributed by atoms with E-state index in [1.165, 1.54) is 25.1 Å². The van der Waals surface area contributed by atoms with Gasteiger partial charge in [-0.15, -0.1) is 11.3 Å². The summed E-state index contributed by atoms with van der Waals surface area (Å²) < 4.78 is 0. The lowest BCUT2D eigenvalue weighted by Gasteiger charge is -2.28. The molecule has 2 unspecified atom stereocenters. The molecule has 1 aromatic rings. The van der Waals surface area contributed by atoms with Crippen LogP contribution in [0.15, 0.2) is 10.9 Å². The van der Waals surface area contributed by atoms with Gasteiger partial charge in [0, 0.05) is 18.0 Å². The Morgan fingerprint density at radius 1 is 1.79 bits per heavy atom. The monoisotopic (exact) mass is 211 g/mol. The Hall–Kier alpha value is -0.450. The van der Waals surface area contributed by atoms with E-state index in [1.807, 2.05) is 5.51 Å². The van der Waals surface area contributed by atoms with Gasteiger partial charge in [0.15, 0.2) is 0 Å². The summed E-state index contributed by atoms with van der Waals surface area (Å²) in [5.41, 5.74) is 8.85. The fraction of sp³-hybridized carbons (Fsp3) is 0.700. The van der Waals surface area contributed by atoms with Crippen LogP contribution >= 0.6 is 11.3 Å². The largest absolute Gasteiger partial charge is 0.329 e. The molecule has 2 rings (SSSR count). The molecule has 0 bridgehead atoms. The van der Waals surface area contributed by atoms with Crippen molar-refractivity contribution in [2.24, 2.45) is 5.73 Å². The summed E-state index contributed by atoms with van der Waals surface area (Å²) in [6.45, 7) is 4.16. The second-order valence-corrected chi connectivity index (χ2v) is 4.58. The van der Waals surface area contributed by atoms with Crippen LogP contribution in [0.4, 0.5) is 0 Å². The fourth-order valence-corrected chi connectivity index (χ4v) is 2.86. The maximum absolute atomic E-state index is 5.76. The molecular weight excluding hydrogens is 194 g/mol. The van der Waals surface area contributed by atoms with E-state index in [9.17, 15) is 0 Å². The molecule has 0 amide bonds. The van der Waals surface area contributed by atoms with Gasteiger partial charge >= 0.3 is 0 Å². The normalized spacial score (nSPS) is 25.4. The van der Waals surface area contributed by atoms with Crippen LogP contribution in [-0.4, -0.2) is 29.0 Å². The van der Waals surface area contributed by atoms with Gasteiger partial charge in [0.2, 0.25) is 0 Å². The van der Waals surface area contributed by atoms with Crippen LogP contribution < -0.4 is 5.73 Å². The van der Waals surface area contributed by atoms with Crippen molar-refractivity contribution in [3.8, 4) is 0 Å². The molecule has 0 spiro atoms. The average Bonchev–Trinajstić information content (AvgIpc) is 2.87. The van der Waals surface area contributed by atoms with Crippen molar-refractivity contribution in [3.05, 3.63) is 16.6 Å². The topological polar surface area (TPSA) is 42.2 Å². The molecule has 78 valence electrons. The Labute approximate surface area is 88.9 Å². The number of aromatic nitrogens is 1. The molecule has 2 heterocycles. The lowest BCUT2D eigenvalue weighted by atomic mass is 10.1. The lowest BCUT2D eigenvalue weighted by Crippen LogP contribution is -2.37. The quantitative estimate of drug-likeness (QED) is 0.826. The highest BCUT2D eigenvalue weighted by atomic mass is 32.1. The predicted molar refractivity (Wildman–Crippen MR) is 59.3 cm³/mol. The average molecular weight is 211 g/mol. The molecule has 1 fully saturated rings. The summed E-state index contributed by atoms with van der Waals surface area (Å²) in [6.07, 6.45) is 2.52. The van der Waals surface area contributed by atoms with Crippen molar-refractivity contribution >= 4 is 11.3 Å². The van der Waals surface area contributed by atoms with Crippen molar-refractivity contribution < 1.29 is 0 Å². The molecule has 4 heteroatoms. The van der Waals surface area contributed by atoms with Gasteiger partial charge in [-0.2, -0.15) is 0 Å². The molecule has 3 nitrogen and oxygen atoms in total. The van der Waals surface area contributed by atoms with Crippen LogP contribution in [0, 0.1) is 0 Å². The minimum atomic E-state index is 0.428. The van der Waals surface area contributed by atoms with Crippen molar-refractivity contribution in [1.29, 1.82) is 0 Å². The van der Waals surface area contributed by atoms with Crippen LogP contribution in [0.25, 0.3) is 0 Å². The summed E-state index contributed by atoms with van der Waals surface area (Å²) in [7, 11) is 0. The molecule has 0 saturated carbocycles. The number of thiazole rings is 1. The molecule has 0 aromatic carbocycles.